The fourth-order valence-electron chi connectivity index (χ4n) is 2.87. The van der Waals surface area contributed by atoms with Gasteiger partial charge in [-0.15, -0.1) is 0 Å². The highest BCUT2D eigenvalue weighted by Gasteiger charge is 2.26. The zero-order valence-corrected chi connectivity index (χ0v) is 12.8. The molecular formula is C16H21N5O. The third-order valence-corrected chi connectivity index (χ3v) is 4.17. The van der Waals surface area contributed by atoms with Crippen LogP contribution in [0.4, 0.5) is 5.82 Å². The lowest BCUT2D eigenvalue weighted by Gasteiger charge is -2.38. The molecule has 0 bridgehead atoms. The Morgan fingerprint density at radius 3 is 3.00 bits per heavy atom. The van der Waals surface area contributed by atoms with E-state index in [2.05, 4.69) is 15.0 Å². The first-order chi connectivity index (χ1) is 10.7. The molecule has 3 rings (SSSR count). The number of piperidine rings is 1. The summed E-state index contributed by atoms with van der Waals surface area (Å²) in [7, 11) is 1.89. The van der Waals surface area contributed by atoms with Gasteiger partial charge in [0.2, 0.25) is 5.91 Å². The van der Waals surface area contributed by atoms with E-state index in [1.54, 1.807) is 10.9 Å². The van der Waals surface area contributed by atoms with E-state index in [1.807, 2.05) is 48.6 Å². The summed E-state index contributed by atoms with van der Waals surface area (Å²) < 4.78 is 1.66. The second-order valence-corrected chi connectivity index (χ2v) is 5.64. The molecule has 0 spiro atoms. The highest BCUT2D eigenvalue weighted by Crippen LogP contribution is 2.20. The van der Waals surface area contributed by atoms with Gasteiger partial charge in [-0.1, -0.05) is 6.07 Å². The third-order valence-electron chi connectivity index (χ3n) is 4.17. The predicted molar refractivity (Wildman–Crippen MR) is 84.5 cm³/mol. The van der Waals surface area contributed by atoms with Gasteiger partial charge in [-0.3, -0.25) is 9.48 Å². The SMILES string of the molecule is CN(C(=O)Cn1cccn1)C1CCCN(c2ccccn2)C1. The second kappa shape index (κ2) is 6.60. The van der Waals surface area contributed by atoms with Crippen molar-refractivity contribution in [3.63, 3.8) is 0 Å². The van der Waals surface area contributed by atoms with E-state index in [0.29, 0.717) is 6.54 Å². The summed E-state index contributed by atoms with van der Waals surface area (Å²) in [6, 6.07) is 7.99. The van der Waals surface area contributed by atoms with Gasteiger partial charge < -0.3 is 9.80 Å². The predicted octanol–water partition coefficient (Wildman–Crippen LogP) is 1.41. The molecule has 6 heteroatoms. The van der Waals surface area contributed by atoms with E-state index in [4.69, 9.17) is 0 Å². The minimum Gasteiger partial charge on any atom is -0.355 e. The number of carbonyl (C=O) groups is 1. The normalized spacial score (nSPS) is 18.2. The topological polar surface area (TPSA) is 54.3 Å². The zero-order valence-electron chi connectivity index (χ0n) is 12.8. The van der Waals surface area contributed by atoms with Gasteiger partial charge in [0, 0.05) is 44.8 Å². The van der Waals surface area contributed by atoms with Crippen LogP contribution in [0.3, 0.4) is 0 Å². The minimum absolute atomic E-state index is 0.0940. The minimum atomic E-state index is 0.0940. The van der Waals surface area contributed by atoms with Crippen molar-refractivity contribution in [3.8, 4) is 0 Å². The van der Waals surface area contributed by atoms with Gasteiger partial charge in [0.1, 0.15) is 12.4 Å². The molecule has 0 aliphatic carbocycles. The van der Waals surface area contributed by atoms with Crippen molar-refractivity contribution in [2.75, 3.05) is 25.0 Å². The van der Waals surface area contributed by atoms with E-state index < -0.39 is 0 Å². The summed E-state index contributed by atoms with van der Waals surface area (Å²) in [5, 5.41) is 4.10. The molecule has 116 valence electrons. The van der Waals surface area contributed by atoms with Crippen molar-refractivity contribution in [3.05, 3.63) is 42.9 Å². The molecule has 0 saturated carbocycles. The summed E-state index contributed by atoms with van der Waals surface area (Å²) in [6.07, 6.45) is 7.42. The number of hydrogen-bond acceptors (Lipinski definition) is 4. The molecule has 2 aromatic rings. The van der Waals surface area contributed by atoms with Crippen molar-refractivity contribution in [1.82, 2.24) is 19.7 Å². The van der Waals surface area contributed by atoms with Gasteiger partial charge in [-0.05, 0) is 31.0 Å². The highest BCUT2D eigenvalue weighted by molar-refractivity contribution is 5.76. The molecule has 1 aliphatic heterocycles. The van der Waals surface area contributed by atoms with E-state index in [0.717, 1.165) is 31.7 Å². The molecule has 1 saturated heterocycles. The molecule has 0 radical (unpaired) electrons. The van der Waals surface area contributed by atoms with Gasteiger partial charge in [0.05, 0.1) is 0 Å². The Bertz CT molecular complexity index is 598. The van der Waals surface area contributed by atoms with Crippen LogP contribution in [0, 0.1) is 0 Å². The number of pyridine rings is 1. The van der Waals surface area contributed by atoms with Crippen LogP contribution in [0.25, 0.3) is 0 Å². The summed E-state index contributed by atoms with van der Waals surface area (Å²) in [5.74, 6) is 1.08. The quantitative estimate of drug-likeness (QED) is 0.856. The van der Waals surface area contributed by atoms with Gasteiger partial charge in [0.15, 0.2) is 0 Å². The summed E-state index contributed by atoms with van der Waals surface area (Å²) >= 11 is 0. The third kappa shape index (κ3) is 3.27. The van der Waals surface area contributed by atoms with Crippen LogP contribution in [-0.2, 0) is 11.3 Å². The van der Waals surface area contributed by atoms with E-state index in [-0.39, 0.29) is 11.9 Å². The number of aromatic nitrogens is 3. The fraction of sp³-hybridized carbons (Fsp3) is 0.438. The van der Waals surface area contributed by atoms with Crippen molar-refractivity contribution in [1.29, 1.82) is 0 Å². The van der Waals surface area contributed by atoms with Crippen molar-refractivity contribution >= 4 is 11.7 Å². The van der Waals surface area contributed by atoms with E-state index in [1.165, 1.54) is 0 Å². The number of anilines is 1. The maximum absolute atomic E-state index is 12.4. The highest BCUT2D eigenvalue weighted by atomic mass is 16.2. The van der Waals surface area contributed by atoms with Gasteiger partial charge in [-0.2, -0.15) is 5.10 Å². The molecule has 6 nitrogen and oxygen atoms in total. The number of amides is 1. The molecule has 1 atom stereocenters. The standard InChI is InChI=1S/C16H21N5O/c1-19(16(22)13-21-11-5-9-18-21)14-6-4-10-20(12-14)15-7-2-3-8-17-15/h2-3,5,7-9,11,14H,4,6,10,12-13H2,1H3. The van der Waals surface area contributed by atoms with Crippen molar-refractivity contribution in [2.24, 2.45) is 0 Å². The Morgan fingerprint density at radius 2 is 2.27 bits per heavy atom. The smallest absolute Gasteiger partial charge is 0.244 e. The molecule has 1 amide bonds. The Labute approximate surface area is 130 Å². The van der Waals surface area contributed by atoms with Crippen LogP contribution in [0.2, 0.25) is 0 Å². The first kappa shape index (κ1) is 14.6. The number of rotatable bonds is 4. The van der Waals surface area contributed by atoms with E-state index >= 15 is 0 Å². The van der Waals surface area contributed by atoms with Crippen LogP contribution >= 0.6 is 0 Å². The summed E-state index contributed by atoms with van der Waals surface area (Å²) in [6.45, 7) is 2.12. The number of hydrogen-bond donors (Lipinski definition) is 0. The van der Waals surface area contributed by atoms with Gasteiger partial charge in [-0.25, -0.2) is 4.98 Å². The Morgan fingerprint density at radius 1 is 1.36 bits per heavy atom. The Balaban J connectivity index is 1.62. The first-order valence-corrected chi connectivity index (χ1v) is 7.63. The lowest BCUT2D eigenvalue weighted by molar-refractivity contribution is -0.133. The monoisotopic (exact) mass is 299 g/mol. The molecular weight excluding hydrogens is 278 g/mol. The molecule has 0 aromatic carbocycles. The molecule has 22 heavy (non-hydrogen) atoms. The molecule has 1 unspecified atom stereocenters. The average molecular weight is 299 g/mol. The largest absolute Gasteiger partial charge is 0.355 e. The fourth-order valence-corrected chi connectivity index (χ4v) is 2.87. The number of carbonyl (C=O) groups excluding carboxylic acids is 1. The first-order valence-electron chi connectivity index (χ1n) is 7.63. The number of nitrogens with zero attached hydrogens (tertiary/aromatic N) is 5. The van der Waals surface area contributed by atoms with Crippen molar-refractivity contribution in [2.45, 2.75) is 25.4 Å². The van der Waals surface area contributed by atoms with Crippen LogP contribution < -0.4 is 4.90 Å². The lowest BCUT2D eigenvalue weighted by atomic mass is 10.0. The van der Waals surface area contributed by atoms with Crippen LogP contribution in [-0.4, -0.2) is 51.8 Å². The van der Waals surface area contributed by atoms with Crippen LogP contribution in [0.15, 0.2) is 42.9 Å². The van der Waals surface area contributed by atoms with Crippen molar-refractivity contribution < 1.29 is 4.79 Å². The maximum Gasteiger partial charge on any atom is 0.244 e. The van der Waals surface area contributed by atoms with Crippen LogP contribution in [0.1, 0.15) is 12.8 Å². The Kier molecular flexibility index (Phi) is 4.37. The molecule has 0 N–H and O–H groups in total. The molecule has 1 aliphatic rings. The number of likely N-dealkylation sites (N-methyl/N-ethyl adjacent to an activating group) is 1. The summed E-state index contributed by atoms with van der Waals surface area (Å²) in [5.41, 5.74) is 0. The summed E-state index contributed by atoms with van der Waals surface area (Å²) in [4.78, 5) is 20.9. The molecule has 2 aromatic heterocycles. The van der Waals surface area contributed by atoms with Gasteiger partial charge in [0.25, 0.3) is 0 Å². The lowest BCUT2D eigenvalue weighted by Crippen LogP contribution is -2.49. The molecule has 3 heterocycles. The molecule has 1 fully saturated rings. The zero-order chi connectivity index (χ0) is 15.4. The Hall–Kier alpha value is -2.37. The second-order valence-electron chi connectivity index (χ2n) is 5.64. The van der Waals surface area contributed by atoms with Gasteiger partial charge >= 0.3 is 0 Å². The van der Waals surface area contributed by atoms with E-state index in [9.17, 15) is 4.79 Å². The maximum atomic E-state index is 12.4. The van der Waals surface area contributed by atoms with Crippen LogP contribution in [0.5, 0.6) is 0 Å². The average Bonchev–Trinajstić information content (AvgIpc) is 3.08.